The summed E-state index contributed by atoms with van der Waals surface area (Å²) in [7, 11) is 1.65. The fourth-order valence-corrected chi connectivity index (χ4v) is 4.24. The van der Waals surface area contributed by atoms with Gasteiger partial charge in [0.2, 0.25) is 0 Å². The number of amidine groups is 1. The maximum absolute atomic E-state index is 12.4. The Balaban J connectivity index is 0.00000162. The monoisotopic (exact) mass is 466 g/mol. The molecule has 3 aromatic rings. The van der Waals surface area contributed by atoms with Gasteiger partial charge in [-0.2, -0.15) is 0 Å². The third-order valence-electron chi connectivity index (χ3n) is 5.02. The van der Waals surface area contributed by atoms with Crippen LogP contribution in [-0.2, 0) is 11.2 Å². The minimum Gasteiger partial charge on any atom is -1.00 e. The van der Waals surface area contributed by atoms with Crippen LogP contribution in [0.5, 0.6) is 5.75 Å². The van der Waals surface area contributed by atoms with Gasteiger partial charge >= 0.3 is 29.6 Å². The largest absolute Gasteiger partial charge is 1.00 e. The van der Waals surface area contributed by atoms with Crippen LogP contribution in [0, 0.1) is 0 Å². The molecule has 0 aliphatic carbocycles. The summed E-state index contributed by atoms with van der Waals surface area (Å²) < 4.78 is 5.27. The summed E-state index contributed by atoms with van der Waals surface area (Å²) in [6.45, 7) is 0. The molecule has 0 unspecified atom stereocenters. The van der Waals surface area contributed by atoms with Crippen LogP contribution in [-0.4, -0.2) is 24.4 Å². The normalized spacial score (nSPS) is 17.7. The quantitative estimate of drug-likeness (QED) is 0.462. The molecule has 2 heterocycles. The summed E-state index contributed by atoms with van der Waals surface area (Å²) in [5.74, 6) is 0.662. The number of carbonyl (C=O) groups excluding carboxylic acids is 1. The van der Waals surface area contributed by atoms with Gasteiger partial charge in [-0.3, -0.25) is 4.79 Å². The van der Waals surface area contributed by atoms with Gasteiger partial charge in [0.25, 0.3) is 5.91 Å². The smallest absolute Gasteiger partial charge is 1.00 e. The summed E-state index contributed by atoms with van der Waals surface area (Å²) in [5.41, 5.74) is 2.77. The summed E-state index contributed by atoms with van der Waals surface area (Å²) in [6.07, 6.45) is 2.27. The zero-order valence-electron chi connectivity index (χ0n) is 19.1. The van der Waals surface area contributed by atoms with E-state index in [1.165, 1.54) is 11.8 Å². The van der Waals surface area contributed by atoms with E-state index in [2.05, 4.69) is 31.0 Å². The molecule has 10 heteroatoms. The number of aliphatic imine (C=N–C) groups is 1. The Morgan fingerprint density at radius 3 is 2.55 bits per heavy atom. The Hall–Kier alpha value is -2.85. The molecule has 1 fully saturated rings. The Morgan fingerprint density at radius 1 is 1.06 bits per heavy atom. The maximum atomic E-state index is 12.4. The summed E-state index contributed by atoms with van der Waals surface area (Å²) >= 11 is 1.33. The molecule has 5 rings (SSSR count). The molecule has 0 saturated carbocycles. The van der Waals surface area contributed by atoms with Crippen molar-refractivity contribution >= 4 is 45.4 Å². The van der Waals surface area contributed by atoms with E-state index in [1.54, 1.807) is 7.11 Å². The van der Waals surface area contributed by atoms with Crippen molar-refractivity contribution in [3.05, 3.63) is 76.7 Å². The molecular weight excluding hydrogens is 447 g/mol. The van der Waals surface area contributed by atoms with Gasteiger partial charge in [-0.1, -0.05) is 30.3 Å². The van der Waals surface area contributed by atoms with Crippen molar-refractivity contribution < 1.29 is 40.5 Å². The number of ether oxygens (including phenoxy) is 1. The predicted octanol–water partition coefficient (Wildman–Crippen LogP) is 2.56. The number of hydrogen-bond donors (Lipinski definition) is 1. The second kappa shape index (κ2) is 10.4. The molecule has 3 aromatic carbocycles. The molecule has 1 N–H and O–H groups in total. The molecule has 33 heavy (non-hydrogen) atoms. The minimum absolute atomic E-state index is 0. The van der Waals surface area contributed by atoms with Crippen molar-refractivity contribution in [2.75, 3.05) is 7.11 Å². The van der Waals surface area contributed by atoms with Crippen molar-refractivity contribution in [1.29, 1.82) is 0 Å². The van der Waals surface area contributed by atoms with Crippen LogP contribution >= 0.6 is 11.8 Å². The Labute approximate surface area is 218 Å². The molecule has 0 spiro atoms. The number of methoxy groups -OCH3 is 1. The second-order valence-corrected chi connectivity index (χ2v) is 8.25. The Bertz CT molecular complexity index is 1310. The summed E-state index contributed by atoms with van der Waals surface area (Å²) in [6, 6.07) is 19.7. The van der Waals surface area contributed by atoms with Gasteiger partial charge in [0.05, 0.1) is 17.7 Å². The number of nitrogens with one attached hydrogen (secondary N) is 1. The predicted molar refractivity (Wildman–Crippen MR) is 126 cm³/mol. The van der Waals surface area contributed by atoms with Crippen LogP contribution in [0.1, 0.15) is 12.6 Å². The average Bonchev–Trinajstić information content (AvgIpc) is 3.44. The first-order chi connectivity index (χ1) is 15.7. The first-order valence-electron chi connectivity index (χ1n) is 9.92. The number of nitrogens with zero attached hydrogens (tertiary/aromatic N) is 5. The first-order valence-corrected chi connectivity index (χ1v) is 10.7. The van der Waals surface area contributed by atoms with Crippen molar-refractivity contribution in [3.8, 4) is 5.75 Å². The summed E-state index contributed by atoms with van der Waals surface area (Å²) in [4.78, 5) is 17.6. The van der Waals surface area contributed by atoms with Crippen molar-refractivity contribution in [3.63, 3.8) is 0 Å². The van der Waals surface area contributed by atoms with E-state index in [1.807, 2.05) is 66.7 Å². The number of carbonyl (C=O) groups is 1. The number of rotatable bonds is 5. The van der Waals surface area contributed by atoms with Crippen molar-refractivity contribution in [2.45, 2.75) is 12.6 Å². The van der Waals surface area contributed by atoms with Crippen LogP contribution in [0.25, 0.3) is 16.8 Å². The second-order valence-electron chi connectivity index (χ2n) is 7.22. The zero-order valence-corrected chi connectivity index (χ0v) is 20.9. The van der Waals surface area contributed by atoms with Gasteiger partial charge in [-0.25, -0.2) is 4.99 Å². The molecule has 2 aliphatic rings. The van der Waals surface area contributed by atoms with Gasteiger partial charge < -0.3 is 11.5 Å². The van der Waals surface area contributed by atoms with Crippen LogP contribution in [0.2, 0.25) is 0 Å². The summed E-state index contributed by atoms with van der Waals surface area (Å²) in [5, 5.41) is 20.4. The molecule has 0 bridgehead atoms. The molecule has 8 nitrogen and oxygen atoms in total. The molecule has 0 aromatic heterocycles. The van der Waals surface area contributed by atoms with Crippen LogP contribution in [0.3, 0.4) is 0 Å². The number of fused-ring (bicyclic) bond motifs is 1. The van der Waals surface area contributed by atoms with E-state index >= 15 is 0 Å². The molecule has 0 atom stereocenters. The molecule has 0 radical (unpaired) electrons. The van der Waals surface area contributed by atoms with Gasteiger partial charge in [-0.05, 0) is 80.5 Å². The molecule has 1 amide bonds. The number of benzene rings is 3. The van der Waals surface area contributed by atoms with Crippen LogP contribution in [0.15, 0.2) is 91.2 Å². The number of amides is 1. The van der Waals surface area contributed by atoms with E-state index in [-0.39, 0.29) is 43.1 Å². The van der Waals surface area contributed by atoms with E-state index in [9.17, 15) is 4.79 Å². The van der Waals surface area contributed by atoms with Gasteiger partial charge in [0.15, 0.2) is 11.3 Å². The van der Waals surface area contributed by atoms with E-state index in [0.717, 1.165) is 33.3 Å². The minimum atomic E-state index is -0.248. The Morgan fingerprint density at radius 2 is 1.79 bits per heavy atom. The molecule has 1 saturated heterocycles. The van der Waals surface area contributed by atoms with E-state index in [4.69, 9.17) is 4.74 Å². The third kappa shape index (κ3) is 5.56. The van der Waals surface area contributed by atoms with Gasteiger partial charge in [-0.15, -0.1) is 10.2 Å². The van der Waals surface area contributed by atoms with Crippen molar-refractivity contribution in [2.24, 2.45) is 25.7 Å². The SMILES string of the molecule is COc1ccc2cc(C=C3SC(=Nc4ccc(CC5N=NN=N5)cc4)NC3=O)ccc2c1.[H-].[Na+]. The third-order valence-corrected chi connectivity index (χ3v) is 5.93. The van der Waals surface area contributed by atoms with Crippen molar-refractivity contribution in [1.82, 2.24) is 5.32 Å². The molecule has 160 valence electrons. The van der Waals surface area contributed by atoms with E-state index in [0.29, 0.717) is 16.5 Å². The maximum Gasteiger partial charge on any atom is 1.00 e. The number of hydrogen-bond acceptors (Lipinski definition) is 8. The Kier molecular flexibility index (Phi) is 7.34. The van der Waals surface area contributed by atoms with Gasteiger partial charge in [0.1, 0.15) is 5.75 Å². The molecule has 2 aliphatic heterocycles. The molecular formula is C23H19N6NaO2S. The topological polar surface area (TPSA) is 100 Å². The first kappa shape index (κ1) is 23.3. The van der Waals surface area contributed by atoms with Gasteiger partial charge in [0, 0.05) is 6.42 Å². The zero-order chi connectivity index (χ0) is 21.9. The fraction of sp³-hybridized carbons (Fsp3) is 0.130. The van der Waals surface area contributed by atoms with Crippen LogP contribution < -0.4 is 39.6 Å². The van der Waals surface area contributed by atoms with Crippen LogP contribution in [0.4, 0.5) is 5.69 Å². The standard InChI is InChI=1S/C23H18N6O2S.Na.H/c1-31-19-9-6-16-10-15(2-5-17(16)13-19)11-20-22(30)25-23(32-20)24-18-7-3-14(4-8-18)12-21-26-28-29-27-21;;/h2-11,13,21H,12H2,1H3,(H,24,25,30);;/q;+1;-1. The van der Waals surface area contributed by atoms with E-state index < -0.39 is 0 Å². The number of thioether (sulfide) groups is 1. The average molecular weight is 467 g/mol. The fourth-order valence-electron chi connectivity index (χ4n) is 3.40.